The summed E-state index contributed by atoms with van der Waals surface area (Å²) in [5.74, 6) is -0.994. The van der Waals surface area contributed by atoms with E-state index >= 15 is 0 Å². The third-order valence-electron chi connectivity index (χ3n) is 2.57. The molecule has 0 aliphatic heterocycles. The van der Waals surface area contributed by atoms with Crippen LogP contribution < -0.4 is 10.1 Å². The van der Waals surface area contributed by atoms with E-state index in [1.165, 1.54) is 12.1 Å². The van der Waals surface area contributed by atoms with Crippen molar-refractivity contribution in [1.29, 1.82) is 5.26 Å². The van der Waals surface area contributed by atoms with Crippen LogP contribution in [-0.4, -0.2) is 10.9 Å². The highest BCUT2D eigenvalue weighted by molar-refractivity contribution is 5.92. The second-order valence-electron chi connectivity index (χ2n) is 4.18. The maximum atomic E-state index is 13.8. The normalized spacial score (nSPS) is 9.71. The number of ether oxygens (including phenoxy) is 1. The summed E-state index contributed by atoms with van der Waals surface area (Å²) < 4.78 is 19.2. The topological polar surface area (TPSA) is 75.0 Å². The van der Waals surface area contributed by atoms with Crippen molar-refractivity contribution in [2.75, 3.05) is 5.32 Å². The molecular weight excluding hydrogens is 273 g/mol. The summed E-state index contributed by atoms with van der Waals surface area (Å²) in [7, 11) is 0. The Bertz CT molecular complexity index is 668. The molecule has 1 aromatic heterocycles. The Morgan fingerprint density at radius 1 is 1.43 bits per heavy atom. The number of aromatic nitrogens is 1. The molecule has 0 aliphatic rings. The van der Waals surface area contributed by atoms with Crippen LogP contribution in [0.2, 0.25) is 0 Å². The molecule has 0 bridgehead atoms. The number of carbonyl (C=O) groups is 1. The Kier molecular flexibility index (Phi) is 4.83. The Labute approximate surface area is 121 Å². The fraction of sp³-hybridized carbons (Fsp3) is 0.133. The van der Waals surface area contributed by atoms with Gasteiger partial charge in [-0.25, -0.2) is 4.39 Å². The summed E-state index contributed by atoms with van der Waals surface area (Å²) in [5.41, 5.74) is 1.10. The number of rotatable bonds is 5. The number of amides is 1. The minimum Gasteiger partial charge on any atom is -0.486 e. The van der Waals surface area contributed by atoms with Crippen LogP contribution >= 0.6 is 0 Å². The van der Waals surface area contributed by atoms with Gasteiger partial charge in [0, 0.05) is 29.7 Å². The Balaban J connectivity index is 1.99. The molecule has 0 atom stereocenters. The lowest BCUT2D eigenvalue weighted by Crippen LogP contribution is -2.10. The summed E-state index contributed by atoms with van der Waals surface area (Å²) in [5, 5.41) is 10.8. The molecule has 1 amide bonds. The average Bonchev–Trinajstić information content (AvgIpc) is 2.48. The lowest BCUT2D eigenvalue weighted by molar-refractivity contribution is -0.115. The summed E-state index contributed by atoms with van der Waals surface area (Å²) in [6.45, 7) is 0.199. The molecule has 1 aromatic carbocycles. The van der Waals surface area contributed by atoms with Crippen molar-refractivity contribution in [1.82, 2.24) is 4.98 Å². The molecule has 0 saturated carbocycles. The van der Waals surface area contributed by atoms with Crippen LogP contribution in [0.15, 0.2) is 42.7 Å². The summed E-state index contributed by atoms with van der Waals surface area (Å²) in [4.78, 5) is 15.2. The van der Waals surface area contributed by atoms with Crippen LogP contribution in [0.25, 0.3) is 0 Å². The van der Waals surface area contributed by atoms with E-state index in [1.54, 1.807) is 24.5 Å². The van der Waals surface area contributed by atoms with E-state index in [4.69, 9.17) is 10.00 Å². The van der Waals surface area contributed by atoms with Gasteiger partial charge in [0.25, 0.3) is 0 Å². The average molecular weight is 285 g/mol. The van der Waals surface area contributed by atoms with E-state index in [9.17, 15) is 9.18 Å². The molecule has 0 fully saturated rings. The van der Waals surface area contributed by atoms with Crippen molar-refractivity contribution in [3.05, 3.63) is 54.1 Å². The van der Waals surface area contributed by atoms with Crippen molar-refractivity contribution < 1.29 is 13.9 Å². The predicted molar refractivity (Wildman–Crippen MR) is 73.8 cm³/mol. The summed E-state index contributed by atoms with van der Waals surface area (Å²) in [6, 6.07) is 9.39. The summed E-state index contributed by atoms with van der Waals surface area (Å²) >= 11 is 0. The number of halogens is 1. The third kappa shape index (κ3) is 4.28. The maximum absolute atomic E-state index is 13.8. The first-order chi connectivity index (χ1) is 10.2. The van der Waals surface area contributed by atoms with Gasteiger partial charge in [0.05, 0.1) is 6.07 Å². The number of hydrogen-bond acceptors (Lipinski definition) is 4. The Hall–Kier alpha value is -2.94. The van der Waals surface area contributed by atoms with Crippen LogP contribution in [0.3, 0.4) is 0 Å². The van der Waals surface area contributed by atoms with Gasteiger partial charge in [-0.2, -0.15) is 5.26 Å². The van der Waals surface area contributed by atoms with Gasteiger partial charge in [0.1, 0.15) is 13.0 Å². The van der Waals surface area contributed by atoms with Crippen molar-refractivity contribution >= 4 is 11.6 Å². The van der Waals surface area contributed by atoms with Crippen molar-refractivity contribution in [2.45, 2.75) is 13.0 Å². The van der Waals surface area contributed by atoms with E-state index in [2.05, 4.69) is 10.3 Å². The van der Waals surface area contributed by atoms with Crippen molar-refractivity contribution in [2.24, 2.45) is 0 Å². The predicted octanol–water partition coefficient (Wildman–Crippen LogP) is 2.65. The number of hydrogen-bond donors (Lipinski definition) is 1. The molecule has 2 aromatic rings. The van der Waals surface area contributed by atoms with Gasteiger partial charge in [-0.15, -0.1) is 0 Å². The SMILES string of the molecule is N#CCC(=O)Nc1ccc(OCc2cccnc2)c(F)c1. The van der Waals surface area contributed by atoms with Crippen LogP contribution in [-0.2, 0) is 11.4 Å². The molecule has 106 valence electrons. The van der Waals surface area contributed by atoms with E-state index in [-0.39, 0.29) is 24.5 Å². The largest absolute Gasteiger partial charge is 0.486 e. The Morgan fingerprint density at radius 3 is 2.95 bits per heavy atom. The van der Waals surface area contributed by atoms with Crippen molar-refractivity contribution in [3.63, 3.8) is 0 Å². The highest BCUT2D eigenvalue weighted by atomic mass is 19.1. The number of carbonyl (C=O) groups excluding carboxylic acids is 1. The number of anilines is 1. The molecule has 0 saturated heterocycles. The molecule has 0 unspecified atom stereocenters. The molecule has 0 spiro atoms. The van der Waals surface area contributed by atoms with Crippen molar-refractivity contribution in [3.8, 4) is 11.8 Å². The number of nitrogens with one attached hydrogen (secondary N) is 1. The van der Waals surface area contributed by atoms with Crippen LogP contribution in [0.5, 0.6) is 5.75 Å². The fourth-order valence-electron chi connectivity index (χ4n) is 1.62. The third-order valence-corrected chi connectivity index (χ3v) is 2.57. The highest BCUT2D eigenvalue weighted by Gasteiger charge is 2.07. The second kappa shape index (κ2) is 7.01. The molecule has 2 rings (SSSR count). The van der Waals surface area contributed by atoms with Gasteiger partial charge in [-0.1, -0.05) is 6.07 Å². The lowest BCUT2D eigenvalue weighted by Gasteiger charge is -2.09. The monoisotopic (exact) mass is 285 g/mol. The highest BCUT2D eigenvalue weighted by Crippen LogP contribution is 2.22. The lowest BCUT2D eigenvalue weighted by atomic mass is 10.2. The summed E-state index contributed by atoms with van der Waals surface area (Å²) in [6.07, 6.45) is 3.00. The molecular formula is C15H12FN3O2. The standard InChI is InChI=1S/C15H12FN3O2/c16-13-8-12(19-15(20)5-6-17)3-4-14(13)21-10-11-2-1-7-18-9-11/h1-4,7-9H,5,10H2,(H,19,20). The van der Waals surface area contributed by atoms with Crippen LogP contribution in [0, 0.1) is 17.1 Å². The molecule has 1 heterocycles. The van der Waals surface area contributed by atoms with Gasteiger partial charge in [-0.3, -0.25) is 9.78 Å². The minimum atomic E-state index is -0.589. The number of benzene rings is 1. The van der Waals surface area contributed by atoms with Gasteiger partial charge >= 0.3 is 0 Å². The fourth-order valence-corrected chi connectivity index (χ4v) is 1.62. The van der Waals surface area contributed by atoms with E-state index < -0.39 is 11.7 Å². The number of nitrogens with zero attached hydrogens (tertiary/aromatic N) is 2. The molecule has 5 nitrogen and oxygen atoms in total. The van der Waals surface area contributed by atoms with Gasteiger partial charge in [0.2, 0.25) is 5.91 Å². The smallest absolute Gasteiger partial charge is 0.238 e. The van der Waals surface area contributed by atoms with E-state index in [0.717, 1.165) is 11.6 Å². The Morgan fingerprint density at radius 2 is 2.29 bits per heavy atom. The molecule has 1 N–H and O–H groups in total. The molecule has 6 heteroatoms. The second-order valence-corrected chi connectivity index (χ2v) is 4.18. The maximum Gasteiger partial charge on any atom is 0.238 e. The molecule has 0 aliphatic carbocycles. The van der Waals surface area contributed by atoms with Crippen LogP contribution in [0.4, 0.5) is 10.1 Å². The van der Waals surface area contributed by atoms with E-state index in [1.807, 2.05) is 6.07 Å². The first-order valence-corrected chi connectivity index (χ1v) is 6.17. The number of pyridine rings is 1. The van der Waals surface area contributed by atoms with Gasteiger partial charge in [-0.05, 0) is 18.2 Å². The first kappa shape index (κ1) is 14.5. The quantitative estimate of drug-likeness (QED) is 0.916. The van der Waals surface area contributed by atoms with Crippen LogP contribution in [0.1, 0.15) is 12.0 Å². The van der Waals surface area contributed by atoms with Gasteiger partial charge in [0.15, 0.2) is 11.6 Å². The number of nitriles is 1. The van der Waals surface area contributed by atoms with E-state index in [0.29, 0.717) is 0 Å². The minimum absolute atomic E-state index is 0.0807. The zero-order valence-corrected chi connectivity index (χ0v) is 11.0. The molecule has 21 heavy (non-hydrogen) atoms. The zero-order chi connectivity index (χ0) is 15.1. The molecule has 0 radical (unpaired) electrons. The van der Waals surface area contributed by atoms with Gasteiger partial charge < -0.3 is 10.1 Å². The first-order valence-electron chi connectivity index (χ1n) is 6.17. The zero-order valence-electron chi connectivity index (χ0n) is 11.0.